The van der Waals surface area contributed by atoms with Crippen molar-refractivity contribution in [3.63, 3.8) is 0 Å². The first-order chi connectivity index (χ1) is 13.0. The number of aliphatic hydroxyl groups excluding tert-OH is 1. The van der Waals surface area contributed by atoms with Crippen molar-refractivity contribution in [1.29, 1.82) is 0 Å². The van der Waals surface area contributed by atoms with Gasteiger partial charge in [0.2, 0.25) is 11.2 Å². The molecule has 1 aliphatic rings. The molecule has 0 radical (unpaired) electrons. The zero-order valence-electron chi connectivity index (χ0n) is 14.8. The second-order valence-corrected chi connectivity index (χ2v) is 5.91. The minimum Gasteiger partial charge on any atom is -0.502 e. The summed E-state index contributed by atoms with van der Waals surface area (Å²) >= 11 is 0. The van der Waals surface area contributed by atoms with Gasteiger partial charge in [0, 0.05) is 6.07 Å². The van der Waals surface area contributed by atoms with Gasteiger partial charge in [-0.05, 0) is 24.6 Å². The van der Waals surface area contributed by atoms with Gasteiger partial charge >= 0.3 is 5.97 Å². The lowest BCUT2D eigenvalue weighted by molar-refractivity contribution is -0.143. The summed E-state index contributed by atoms with van der Waals surface area (Å²) in [6.45, 7) is 2.18. The van der Waals surface area contributed by atoms with E-state index in [1.807, 2.05) is 0 Å². The van der Waals surface area contributed by atoms with Crippen LogP contribution in [0.2, 0.25) is 0 Å². The summed E-state index contributed by atoms with van der Waals surface area (Å²) in [6, 6.07) is 6.06. The van der Waals surface area contributed by atoms with Crippen molar-refractivity contribution in [2.45, 2.75) is 25.9 Å². The number of hydrogen-bond donors (Lipinski definition) is 2. The lowest BCUT2D eigenvalue weighted by atomic mass is 9.91. The van der Waals surface area contributed by atoms with Crippen LogP contribution in [0, 0.1) is 0 Å². The highest BCUT2D eigenvalue weighted by Gasteiger charge is 2.28. The van der Waals surface area contributed by atoms with Gasteiger partial charge in [-0.15, -0.1) is 0 Å². The van der Waals surface area contributed by atoms with E-state index in [-0.39, 0.29) is 24.5 Å². The predicted octanol–water partition coefficient (Wildman–Crippen LogP) is 1.69. The number of hydrogen-bond acceptors (Lipinski definition) is 8. The maximum absolute atomic E-state index is 12.1. The van der Waals surface area contributed by atoms with Crippen molar-refractivity contribution in [2.75, 3.05) is 19.8 Å². The van der Waals surface area contributed by atoms with Crippen molar-refractivity contribution >= 4 is 5.97 Å². The van der Waals surface area contributed by atoms with Crippen LogP contribution in [0.15, 0.2) is 33.5 Å². The molecular formula is C19H20O8. The van der Waals surface area contributed by atoms with Gasteiger partial charge in [0.15, 0.2) is 17.3 Å². The highest BCUT2D eigenvalue weighted by Crippen LogP contribution is 2.38. The van der Waals surface area contributed by atoms with E-state index in [9.17, 15) is 19.8 Å². The van der Waals surface area contributed by atoms with E-state index in [4.69, 9.17) is 18.6 Å². The van der Waals surface area contributed by atoms with E-state index in [1.165, 1.54) is 0 Å². The molecule has 0 fully saturated rings. The fraction of sp³-hybridized carbons (Fsp3) is 0.368. The molecule has 3 rings (SSSR count). The molecule has 1 aromatic heterocycles. The summed E-state index contributed by atoms with van der Waals surface area (Å²) in [5, 5.41) is 19.5. The van der Waals surface area contributed by atoms with Crippen LogP contribution in [0.4, 0.5) is 0 Å². The molecule has 0 saturated carbocycles. The van der Waals surface area contributed by atoms with Crippen molar-refractivity contribution in [3.05, 3.63) is 51.6 Å². The van der Waals surface area contributed by atoms with Crippen molar-refractivity contribution < 1.29 is 33.6 Å². The van der Waals surface area contributed by atoms with E-state index >= 15 is 0 Å². The SMILES string of the molecule is CCOC(=O)C[C@H](c1ccc2c(c1)OCCO2)c1oc(CO)cc(=O)c1O. The first kappa shape index (κ1) is 18.8. The number of rotatable bonds is 6. The third-order valence-corrected chi connectivity index (χ3v) is 4.12. The number of carbonyl (C=O) groups excluding carboxylic acids is 1. The molecule has 0 aliphatic carbocycles. The Labute approximate surface area is 154 Å². The van der Waals surface area contributed by atoms with Crippen LogP contribution in [0.3, 0.4) is 0 Å². The van der Waals surface area contributed by atoms with Crippen LogP contribution in [-0.4, -0.2) is 36.0 Å². The molecule has 0 saturated heterocycles. The zero-order chi connectivity index (χ0) is 19.4. The average molecular weight is 376 g/mol. The summed E-state index contributed by atoms with van der Waals surface area (Å²) < 4.78 is 21.6. The molecule has 2 heterocycles. The molecule has 0 spiro atoms. The summed E-state index contributed by atoms with van der Waals surface area (Å²) in [4.78, 5) is 24.1. The van der Waals surface area contributed by atoms with Gasteiger partial charge in [-0.2, -0.15) is 0 Å². The third kappa shape index (κ3) is 4.06. The fourth-order valence-corrected chi connectivity index (χ4v) is 2.89. The van der Waals surface area contributed by atoms with Crippen LogP contribution >= 0.6 is 0 Å². The molecule has 0 unspecified atom stereocenters. The van der Waals surface area contributed by atoms with Gasteiger partial charge in [0.05, 0.1) is 18.9 Å². The molecule has 1 aliphatic heterocycles. The molecule has 1 atom stereocenters. The van der Waals surface area contributed by atoms with Gasteiger partial charge in [-0.1, -0.05) is 6.07 Å². The molecule has 144 valence electrons. The smallest absolute Gasteiger partial charge is 0.306 e. The van der Waals surface area contributed by atoms with E-state index in [2.05, 4.69) is 0 Å². The van der Waals surface area contributed by atoms with Crippen LogP contribution < -0.4 is 14.9 Å². The van der Waals surface area contributed by atoms with Crippen LogP contribution in [0.1, 0.15) is 36.3 Å². The molecule has 8 nitrogen and oxygen atoms in total. The summed E-state index contributed by atoms with van der Waals surface area (Å²) in [7, 11) is 0. The Morgan fingerprint density at radius 3 is 2.67 bits per heavy atom. The number of aromatic hydroxyl groups is 1. The first-order valence-electron chi connectivity index (χ1n) is 8.55. The van der Waals surface area contributed by atoms with Crippen LogP contribution in [-0.2, 0) is 16.1 Å². The largest absolute Gasteiger partial charge is 0.502 e. The fourth-order valence-electron chi connectivity index (χ4n) is 2.89. The summed E-state index contributed by atoms with van der Waals surface area (Å²) in [5.41, 5.74) is -0.132. The highest BCUT2D eigenvalue weighted by molar-refractivity contribution is 5.71. The van der Waals surface area contributed by atoms with Crippen LogP contribution in [0.5, 0.6) is 17.2 Å². The second kappa shape index (κ2) is 8.13. The zero-order valence-corrected chi connectivity index (χ0v) is 14.8. The lowest BCUT2D eigenvalue weighted by Crippen LogP contribution is -2.17. The first-order valence-corrected chi connectivity index (χ1v) is 8.55. The molecule has 2 aromatic rings. The Morgan fingerprint density at radius 1 is 1.22 bits per heavy atom. The maximum atomic E-state index is 12.1. The number of esters is 1. The number of fused-ring (bicyclic) bond motifs is 1. The Hall–Kier alpha value is -3.00. The van der Waals surface area contributed by atoms with E-state index in [0.29, 0.717) is 30.3 Å². The van der Waals surface area contributed by atoms with Crippen molar-refractivity contribution in [1.82, 2.24) is 0 Å². The molecule has 0 amide bonds. The monoisotopic (exact) mass is 376 g/mol. The number of carbonyl (C=O) groups is 1. The van der Waals surface area contributed by atoms with Gasteiger partial charge in [0.25, 0.3) is 0 Å². The standard InChI is InChI=1S/C19H20O8/c1-2-24-17(22)9-13(19-18(23)14(21)8-12(10-20)27-19)11-3-4-15-16(7-11)26-6-5-25-15/h3-4,7-8,13,20,23H,2,5-6,9-10H2,1H3/t13-/m1/s1. The number of ether oxygens (including phenoxy) is 3. The van der Waals surface area contributed by atoms with Gasteiger partial charge in [-0.3, -0.25) is 9.59 Å². The molecule has 1 aromatic carbocycles. The van der Waals surface area contributed by atoms with Crippen molar-refractivity contribution in [2.24, 2.45) is 0 Å². The quantitative estimate of drug-likeness (QED) is 0.732. The van der Waals surface area contributed by atoms with Gasteiger partial charge < -0.3 is 28.8 Å². The molecular weight excluding hydrogens is 356 g/mol. The average Bonchev–Trinajstić information content (AvgIpc) is 2.68. The normalized spacial score (nSPS) is 13.9. The van der Waals surface area contributed by atoms with E-state index in [1.54, 1.807) is 25.1 Å². The summed E-state index contributed by atoms with van der Waals surface area (Å²) in [6.07, 6.45) is -0.168. The molecule has 27 heavy (non-hydrogen) atoms. The Bertz CT molecular complexity index is 886. The number of benzene rings is 1. The third-order valence-electron chi connectivity index (χ3n) is 4.12. The van der Waals surface area contributed by atoms with Gasteiger partial charge in [0.1, 0.15) is 25.6 Å². The highest BCUT2D eigenvalue weighted by atomic mass is 16.6. The topological polar surface area (TPSA) is 115 Å². The second-order valence-electron chi connectivity index (χ2n) is 5.91. The Balaban J connectivity index is 2.08. The lowest BCUT2D eigenvalue weighted by Gasteiger charge is -2.22. The van der Waals surface area contributed by atoms with E-state index in [0.717, 1.165) is 6.07 Å². The van der Waals surface area contributed by atoms with Crippen molar-refractivity contribution in [3.8, 4) is 17.2 Å². The van der Waals surface area contributed by atoms with E-state index < -0.39 is 29.7 Å². The van der Waals surface area contributed by atoms with Gasteiger partial charge in [-0.25, -0.2) is 0 Å². The minimum atomic E-state index is -0.806. The Morgan fingerprint density at radius 2 is 1.96 bits per heavy atom. The molecule has 8 heteroatoms. The summed E-state index contributed by atoms with van der Waals surface area (Å²) in [5.74, 6) is -1.01. The maximum Gasteiger partial charge on any atom is 0.306 e. The minimum absolute atomic E-state index is 0.0146. The predicted molar refractivity (Wildman–Crippen MR) is 93.1 cm³/mol. The van der Waals surface area contributed by atoms with Crippen LogP contribution in [0.25, 0.3) is 0 Å². The number of aliphatic hydroxyl groups is 1. The molecule has 0 bridgehead atoms. The molecule has 2 N–H and O–H groups in total. The Kier molecular flexibility index (Phi) is 5.66.